The number of fused-ring (bicyclic) bond motifs is 1. The van der Waals surface area contributed by atoms with Crippen molar-refractivity contribution in [2.75, 3.05) is 5.32 Å². The van der Waals surface area contributed by atoms with Crippen LogP contribution in [0.2, 0.25) is 0 Å². The van der Waals surface area contributed by atoms with Crippen LogP contribution in [0.1, 0.15) is 21.6 Å². The summed E-state index contributed by atoms with van der Waals surface area (Å²) >= 11 is 0. The van der Waals surface area contributed by atoms with Gasteiger partial charge in [-0.15, -0.1) is 0 Å². The van der Waals surface area contributed by atoms with Gasteiger partial charge in [0.15, 0.2) is 11.5 Å². The molecule has 2 aromatic carbocycles. The highest BCUT2D eigenvalue weighted by Gasteiger charge is 2.18. The van der Waals surface area contributed by atoms with Crippen LogP contribution in [0.3, 0.4) is 0 Å². The van der Waals surface area contributed by atoms with Crippen molar-refractivity contribution in [2.45, 2.75) is 13.1 Å². The maximum absolute atomic E-state index is 13.2. The van der Waals surface area contributed by atoms with Crippen LogP contribution in [-0.4, -0.2) is 30.5 Å². The Bertz CT molecular complexity index is 1480. The second kappa shape index (κ2) is 8.88. The summed E-state index contributed by atoms with van der Waals surface area (Å²) in [6.07, 6.45) is 5.27. The van der Waals surface area contributed by atoms with E-state index in [9.17, 15) is 9.59 Å². The Hall–Kier alpha value is -4.59. The molecule has 1 N–H and O–H groups in total. The molecule has 3 heterocycles. The molecule has 0 saturated heterocycles. The lowest BCUT2D eigenvalue weighted by Gasteiger charge is -2.11. The minimum Gasteiger partial charge on any atom is -0.304 e. The Labute approximate surface area is 189 Å². The standard InChI is InChI=1S/C25H20N6O2/c32-24(27-22-12-14-30(28-22)16-19-9-6-13-26-15-19)23-20-10-4-5-11-21(20)25(33)31(29-23)17-18-7-2-1-3-8-18/h1-15H,16-17H2,(H,27,28,32). The van der Waals surface area contributed by atoms with Gasteiger partial charge < -0.3 is 5.32 Å². The Kier molecular flexibility index (Phi) is 5.47. The molecule has 0 spiro atoms. The number of carbonyl (C=O) groups is 1. The third kappa shape index (κ3) is 4.40. The fourth-order valence-electron chi connectivity index (χ4n) is 3.64. The third-order valence-electron chi connectivity index (χ3n) is 5.21. The maximum atomic E-state index is 13.2. The molecular weight excluding hydrogens is 416 g/mol. The van der Waals surface area contributed by atoms with Gasteiger partial charge in [0.05, 0.1) is 18.5 Å². The van der Waals surface area contributed by atoms with Gasteiger partial charge in [-0.05, 0) is 23.3 Å². The summed E-state index contributed by atoms with van der Waals surface area (Å²) in [5.74, 6) is -0.0322. The van der Waals surface area contributed by atoms with Crippen molar-refractivity contribution < 1.29 is 4.79 Å². The van der Waals surface area contributed by atoms with Crippen LogP contribution in [0, 0.1) is 0 Å². The van der Waals surface area contributed by atoms with Crippen molar-refractivity contribution in [2.24, 2.45) is 0 Å². The van der Waals surface area contributed by atoms with Gasteiger partial charge in [-0.3, -0.25) is 19.3 Å². The molecule has 8 nitrogen and oxygen atoms in total. The average molecular weight is 436 g/mol. The summed E-state index contributed by atoms with van der Waals surface area (Å²) in [5.41, 5.74) is 1.84. The van der Waals surface area contributed by atoms with E-state index in [2.05, 4.69) is 20.5 Å². The zero-order chi connectivity index (χ0) is 22.6. The minimum atomic E-state index is -0.431. The summed E-state index contributed by atoms with van der Waals surface area (Å²) in [4.78, 5) is 30.3. The number of aromatic nitrogens is 5. The van der Waals surface area contributed by atoms with Crippen molar-refractivity contribution in [3.63, 3.8) is 0 Å². The zero-order valence-electron chi connectivity index (χ0n) is 17.6. The van der Waals surface area contributed by atoms with Gasteiger partial charge in [0.1, 0.15) is 0 Å². The van der Waals surface area contributed by atoms with E-state index >= 15 is 0 Å². The van der Waals surface area contributed by atoms with Crippen LogP contribution >= 0.6 is 0 Å². The molecule has 3 aromatic heterocycles. The number of amides is 1. The van der Waals surface area contributed by atoms with Crippen LogP contribution in [0.15, 0.2) is 96.2 Å². The highest BCUT2D eigenvalue weighted by atomic mass is 16.2. The average Bonchev–Trinajstić information content (AvgIpc) is 3.28. The predicted molar refractivity (Wildman–Crippen MR) is 125 cm³/mol. The third-order valence-corrected chi connectivity index (χ3v) is 5.21. The van der Waals surface area contributed by atoms with E-state index in [1.165, 1.54) is 4.68 Å². The molecule has 0 atom stereocenters. The molecule has 0 bridgehead atoms. The zero-order valence-corrected chi connectivity index (χ0v) is 17.6. The van der Waals surface area contributed by atoms with Crippen LogP contribution in [0.5, 0.6) is 0 Å². The molecule has 0 aliphatic carbocycles. The van der Waals surface area contributed by atoms with Crippen molar-refractivity contribution in [3.05, 3.63) is 119 Å². The Morgan fingerprint density at radius 1 is 0.818 bits per heavy atom. The Morgan fingerprint density at radius 3 is 2.36 bits per heavy atom. The maximum Gasteiger partial charge on any atom is 0.277 e. The van der Waals surface area contributed by atoms with Crippen LogP contribution < -0.4 is 10.9 Å². The molecule has 0 radical (unpaired) electrons. The molecule has 0 unspecified atom stereocenters. The van der Waals surface area contributed by atoms with E-state index in [1.54, 1.807) is 53.6 Å². The van der Waals surface area contributed by atoms with E-state index in [1.807, 2.05) is 42.5 Å². The lowest BCUT2D eigenvalue weighted by molar-refractivity contribution is 0.102. The molecule has 5 aromatic rings. The van der Waals surface area contributed by atoms with E-state index < -0.39 is 5.91 Å². The number of anilines is 1. The van der Waals surface area contributed by atoms with Crippen LogP contribution in [0.25, 0.3) is 10.8 Å². The second-order valence-electron chi connectivity index (χ2n) is 7.56. The highest BCUT2D eigenvalue weighted by molar-refractivity contribution is 6.10. The van der Waals surface area contributed by atoms with Crippen LogP contribution in [0.4, 0.5) is 5.82 Å². The van der Waals surface area contributed by atoms with Gasteiger partial charge >= 0.3 is 0 Å². The monoisotopic (exact) mass is 436 g/mol. The minimum absolute atomic E-state index is 0.169. The fourth-order valence-corrected chi connectivity index (χ4v) is 3.64. The molecule has 0 aliphatic heterocycles. The lowest BCUT2D eigenvalue weighted by Crippen LogP contribution is -2.28. The van der Waals surface area contributed by atoms with Gasteiger partial charge in [0.25, 0.3) is 11.5 Å². The number of pyridine rings is 1. The first-order chi connectivity index (χ1) is 16.2. The van der Waals surface area contributed by atoms with Crippen molar-refractivity contribution in [1.82, 2.24) is 24.5 Å². The number of rotatable bonds is 6. The topological polar surface area (TPSA) is 94.7 Å². The van der Waals surface area contributed by atoms with Crippen LogP contribution in [-0.2, 0) is 13.1 Å². The predicted octanol–water partition coefficient (Wildman–Crippen LogP) is 3.34. The first kappa shape index (κ1) is 20.3. The molecule has 0 saturated carbocycles. The molecule has 1 amide bonds. The van der Waals surface area contributed by atoms with E-state index in [0.29, 0.717) is 23.1 Å². The number of hydrogen-bond donors (Lipinski definition) is 1. The smallest absolute Gasteiger partial charge is 0.277 e. The van der Waals surface area contributed by atoms with Crippen molar-refractivity contribution in [1.29, 1.82) is 0 Å². The summed E-state index contributed by atoms with van der Waals surface area (Å²) in [6, 6.07) is 22.1. The number of nitrogens with zero attached hydrogens (tertiary/aromatic N) is 5. The molecule has 8 heteroatoms. The van der Waals surface area contributed by atoms with Crippen molar-refractivity contribution in [3.8, 4) is 0 Å². The largest absolute Gasteiger partial charge is 0.304 e. The van der Waals surface area contributed by atoms with E-state index in [0.717, 1.165) is 11.1 Å². The highest BCUT2D eigenvalue weighted by Crippen LogP contribution is 2.16. The lowest BCUT2D eigenvalue weighted by atomic mass is 10.1. The fraction of sp³-hybridized carbons (Fsp3) is 0.0800. The first-order valence-corrected chi connectivity index (χ1v) is 10.4. The first-order valence-electron chi connectivity index (χ1n) is 10.4. The van der Waals surface area contributed by atoms with E-state index in [4.69, 9.17) is 0 Å². The van der Waals surface area contributed by atoms with E-state index in [-0.39, 0.29) is 17.8 Å². The number of hydrogen-bond acceptors (Lipinski definition) is 5. The Morgan fingerprint density at radius 2 is 1.58 bits per heavy atom. The molecule has 33 heavy (non-hydrogen) atoms. The SMILES string of the molecule is O=C(Nc1ccn(Cc2cccnc2)n1)c1nn(Cc2ccccc2)c(=O)c2ccccc12. The molecule has 0 fully saturated rings. The number of carbonyl (C=O) groups excluding carboxylic acids is 1. The summed E-state index contributed by atoms with van der Waals surface area (Å²) in [6.45, 7) is 0.803. The quantitative estimate of drug-likeness (QED) is 0.441. The molecule has 5 rings (SSSR count). The molecule has 0 aliphatic rings. The molecular formula is C25H20N6O2. The second-order valence-corrected chi connectivity index (χ2v) is 7.56. The van der Waals surface area contributed by atoms with Gasteiger partial charge in [-0.25, -0.2) is 4.68 Å². The number of nitrogens with one attached hydrogen (secondary N) is 1. The summed E-state index contributed by atoms with van der Waals surface area (Å²) in [5, 5.41) is 12.6. The van der Waals surface area contributed by atoms with Gasteiger partial charge in [0.2, 0.25) is 0 Å². The van der Waals surface area contributed by atoms with Gasteiger partial charge in [-0.2, -0.15) is 10.2 Å². The summed E-state index contributed by atoms with van der Waals surface area (Å²) < 4.78 is 3.04. The molecule has 162 valence electrons. The summed E-state index contributed by atoms with van der Waals surface area (Å²) in [7, 11) is 0. The van der Waals surface area contributed by atoms with Gasteiger partial charge in [-0.1, -0.05) is 54.6 Å². The number of benzene rings is 2. The van der Waals surface area contributed by atoms with Crippen molar-refractivity contribution >= 4 is 22.5 Å². The van der Waals surface area contributed by atoms with Gasteiger partial charge in [0, 0.05) is 30.0 Å². The Balaban J connectivity index is 1.44. The normalized spacial score (nSPS) is 10.9.